The summed E-state index contributed by atoms with van der Waals surface area (Å²) in [5.74, 6) is 2.92. The number of carbonyl (C=O) groups is 1. The summed E-state index contributed by atoms with van der Waals surface area (Å²) < 4.78 is 30.2. The van der Waals surface area contributed by atoms with Gasteiger partial charge in [0.2, 0.25) is 0 Å². The van der Waals surface area contributed by atoms with Crippen molar-refractivity contribution >= 4 is 40.1 Å². The summed E-state index contributed by atoms with van der Waals surface area (Å²) in [4.78, 5) is 18.1. The van der Waals surface area contributed by atoms with E-state index < -0.39 is 11.6 Å². The molecule has 9 heteroatoms. The molecule has 0 saturated carbocycles. The van der Waals surface area contributed by atoms with E-state index in [1.54, 1.807) is 21.3 Å². The van der Waals surface area contributed by atoms with Crippen molar-refractivity contribution in [3.63, 3.8) is 0 Å². The number of carbonyl (C=O) groups excluding carboxylic acids is 1. The Morgan fingerprint density at radius 1 is 0.542 bits per heavy atom. The van der Waals surface area contributed by atoms with Crippen LogP contribution >= 0.6 is 0 Å². The molecule has 0 aliphatic carbocycles. The third kappa shape index (κ3) is 6.27. The van der Waals surface area contributed by atoms with Crippen molar-refractivity contribution in [1.82, 2.24) is 0 Å². The Balaban J connectivity index is 1.25. The maximum absolute atomic E-state index is 13.8. The van der Waals surface area contributed by atoms with Crippen LogP contribution in [0.15, 0.2) is 146 Å². The molecule has 9 nitrogen and oxygen atoms in total. The lowest BCUT2D eigenvalue weighted by molar-refractivity contribution is 0.0224. The van der Waals surface area contributed by atoms with E-state index in [2.05, 4.69) is 16.7 Å². The van der Waals surface area contributed by atoms with Gasteiger partial charge >= 0.3 is 5.97 Å². The molecule has 294 valence electrons. The normalized spacial score (nSPS) is 14.7. The van der Waals surface area contributed by atoms with Crippen LogP contribution in [0.3, 0.4) is 0 Å². The van der Waals surface area contributed by atoms with Crippen LogP contribution in [0, 0.1) is 13.8 Å². The van der Waals surface area contributed by atoms with Crippen LogP contribution in [0.2, 0.25) is 0 Å². The van der Waals surface area contributed by atoms with E-state index in [4.69, 9.17) is 23.7 Å². The second-order valence-corrected chi connectivity index (χ2v) is 14.6. The first-order valence-electron chi connectivity index (χ1n) is 19.3. The van der Waals surface area contributed by atoms with Gasteiger partial charge in [0.05, 0.1) is 33.5 Å². The molecule has 7 aromatic carbocycles. The molecule has 1 N–H and O–H groups in total. The highest BCUT2D eigenvalue weighted by molar-refractivity contribution is 5.97. The summed E-state index contributed by atoms with van der Waals surface area (Å²) in [7, 11) is 4.96. The van der Waals surface area contributed by atoms with E-state index in [0.29, 0.717) is 28.2 Å². The van der Waals surface area contributed by atoms with Gasteiger partial charge in [0, 0.05) is 62.9 Å². The summed E-state index contributed by atoms with van der Waals surface area (Å²) in [6.07, 6.45) is 0. The lowest BCUT2D eigenvalue weighted by atomic mass is 9.77. The fraction of sp³-hybridized carbons (Fsp3) is 0.140. The number of hydrogen-bond acceptors (Lipinski definition) is 9. The number of benzene rings is 7. The quantitative estimate of drug-likeness (QED) is 0.136. The monoisotopic (exact) mass is 782 g/mol. The third-order valence-electron chi connectivity index (χ3n) is 11.2. The highest BCUT2D eigenvalue weighted by atomic mass is 16.6. The number of aryl methyl sites for hydroxylation is 2. The molecule has 7 aromatic rings. The van der Waals surface area contributed by atoms with E-state index in [1.807, 2.05) is 153 Å². The maximum Gasteiger partial charge on any atom is 0.340 e. The first-order valence-corrected chi connectivity index (χ1v) is 19.3. The lowest BCUT2D eigenvalue weighted by Gasteiger charge is -2.38. The molecule has 1 unspecified atom stereocenters. The number of aliphatic hydroxyl groups excluding tert-OH is 1. The Morgan fingerprint density at radius 3 is 1.54 bits per heavy atom. The summed E-state index contributed by atoms with van der Waals surface area (Å²) in [5, 5.41) is 9.93. The molecule has 0 fully saturated rings. The topological polar surface area (TPSA) is 89.9 Å². The predicted octanol–water partition coefficient (Wildman–Crippen LogP) is 11.3. The summed E-state index contributed by atoms with van der Waals surface area (Å²) in [6, 6.07) is 47.3. The zero-order valence-electron chi connectivity index (χ0n) is 33.4. The van der Waals surface area contributed by atoms with E-state index in [9.17, 15) is 9.90 Å². The molecule has 0 saturated heterocycles. The van der Waals surface area contributed by atoms with Gasteiger partial charge in [0.25, 0.3) is 0 Å². The summed E-state index contributed by atoms with van der Waals surface area (Å²) >= 11 is 0. The molecule has 2 aliphatic heterocycles. The Kier molecular flexibility index (Phi) is 9.45. The van der Waals surface area contributed by atoms with Gasteiger partial charge in [-0.2, -0.15) is 0 Å². The maximum atomic E-state index is 13.8. The molecule has 0 amide bonds. The third-order valence-corrected chi connectivity index (χ3v) is 11.2. The van der Waals surface area contributed by atoms with Crippen LogP contribution in [0.1, 0.15) is 43.7 Å². The standard InChI is InChI=1S/C50H42N2O7/c1-31-26-33(30-53)10-24-45(31)51(34-11-17-38(55-3)18-12-34)36-15-22-43-47(28-36)58-48-29-37(16-23-44(48)50(43)42-9-7-6-8-41(42)49(54)59-50)52(35-13-19-39(56-4)20-14-35)46-25-21-40(57-5)27-32(46)2/h6-29,53H,30H2,1-5H3. The van der Waals surface area contributed by atoms with Crippen molar-refractivity contribution in [3.05, 3.63) is 185 Å². The smallest absolute Gasteiger partial charge is 0.340 e. The zero-order valence-corrected chi connectivity index (χ0v) is 33.4. The number of fused-ring (bicyclic) bond motifs is 6. The number of aliphatic hydroxyl groups is 1. The van der Waals surface area contributed by atoms with Crippen molar-refractivity contribution in [2.75, 3.05) is 31.1 Å². The minimum Gasteiger partial charge on any atom is -0.497 e. The van der Waals surface area contributed by atoms with Crippen LogP contribution in [-0.2, 0) is 16.9 Å². The van der Waals surface area contributed by atoms with E-state index >= 15 is 0 Å². The number of methoxy groups -OCH3 is 3. The highest BCUT2D eigenvalue weighted by Crippen LogP contribution is 2.58. The second-order valence-electron chi connectivity index (χ2n) is 14.6. The molecular formula is C50H42N2O7. The van der Waals surface area contributed by atoms with Gasteiger partial charge in [-0.1, -0.05) is 30.3 Å². The Morgan fingerprint density at radius 2 is 1.03 bits per heavy atom. The van der Waals surface area contributed by atoms with Gasteiger partial charge in [-0.15, -0.1) is 0 Å². The Hall–Kier alpha value is -7.23. The van der Waals surface area contributed by atoms with Crippen LogP contribution in [0.25, 0.3) is 0 Å². The number of nitrogens with zero attached hydrogens (tertiary/aromatic N) is 2. The molecule has 0 bridgehead atoms. The van der Waals surface area contributed by atoms with E-state index in [1.165, 1.54) is 0 Å². The van der Waals surface area contributed by atoms with Crippen LogP contribution in [-0.4, -0.2) is 32.4 Å². The highest BCUT2D eigenvalue weighted by Gasteiger charge is 2.53. The Bertz CT molecular complexity index is 2570. The molecule has 2 heterocycles. The molecular weight excluding hydrogens is 741 g/mol. The van der Waals surface area contributed by atoms with E-state index in [0.717, 1.165) is 73.6 Å². The number of anilines is 6. The predicted molar refractivity (Wildman–Crippen MR) is 229 cm³/mol. The summed E-state index contributed by atoms with van der Waals surface area (Å²) in [5.41, 5.74) is 9.49. The first-order chi connectivity index (χ1) is 28.8. The minimum absolute atomic E-state index is 0.0616. The second kappa shape index (κ2) is 14.9. The number of hydrogen-bond donors (Lipinski definition) is 1. The molecule has 2 aliphatic rings. The van der Waals surface area contributed by atoms with Gasteiger partial charge in [0.1, 0.15) is 28.7 Å². The van der Waals surface area contributed by atoms with Crippen LogP contribution < -0.4 is 28.7 Å². The van der Waals surface area contributed by atoms with Gasteiger partial charge in [-0.3, -0.25) is 0 Å². The Labute approximate surface area is 343 Å². The molecule has 0 aromatic heterocycles. The fourth-order valence-corrected chi connectivity index (χ4v) is 8.32. The first kappa shape index (κ1) is 37.4. The van der Waals surface area contributed by atoms with Crippen LogP contribution in [0.5, 0.6) is 28.7 Å². The lowest BCUT2D eigenvalue weighted by Crippen LogP contribution is -2.33. The minimum atomic E-state index is -1.28. The number of esters is 1. The van der Waals surface area contributed by atoms with Crippen molar-refractivity contribution in [1.29, 1.82) is 0 Å². The zero-order chi connectivity index (χ0) is 40.8. The van der Waals surface area contributed by atoms with Gasteiger partial charge < -0.3 is 38.6 Å². The summed E-state index contributed by atoms with van der Waals surface area (Å²) in [6.45, 7) is 4.02. The molecule has 0 radical (unpaired) electrons. The van der Waals surface area contributed by atoms with Crippen molar-refractivity contribution in [3.8, 4) is 28.7 Å². The van der Waals surface area contributed by atoms with Gasteiger partial charge in [0.15, 0.2) is 5.60 Å². The molecule has 9 rings (SSSR count). The van der Waals surface area contributed by atoms with Crippen LogP contribution in [0.4, 0.5) is 34.1 Å². The SMILES string of the molecule is COc1ccc(N(c2ccc3c(c2)Oc2cc(N(c4ccc(OC)cc4)c4ccc(OC)cc4C)ccc2C32OC(=O)c3ccccc32)c2ccc(CO)cc2C)cc1. The van der Waals surface area contributed by atoms with Crippen molar-refractivity contribution in [2.24, 2.45) is 0 Å². The van der Waals surface area contributed by atoms with Gasteiger partial charge in [-0.05, 0) is 134 Å². The largest absolute Gasteiger partial charge is 0.497 e. The molecule has 1 atom stereocenters. The fourth-order valence-electron chi connectivity index (χ4n) is 8.32. The number of rotatable bonds is 10. The molecule has 59 heavy (non-hydrogen) atoms. The van der Waals surface area contributed by atoms with Crippen molar-refractivity contribution in [2.45, 2.75) is 26.1 Å². The van der Waals surface area contributed by atoms with Crippen molar-refractivity contribution < 1.29 is 33.6 Å². The number of ether oxygens (including phenoxy) is 5. The average molecular weight is 783 g/mol. The molecule has 1 spiro atoms. The van der Waals surface area contributed by atoms with Gasteiger partial charge in [-0.25, -0.2) is 4.79 Å². The van der Waals surface area contributed by atoms with E-state index in [-0.39, 0.29) is 6.61 Å². The average Bonchev–Trinajstić information content (AvgIpc) is 3.57.